The third-order valence-corrected chi connectivity index (χ3v) is 3.72. The molecule has 0 saturated carbocycles. The molecule has 2 aromatic carbocycles. The molecule has 0 unspecified atom stereocenters. The zero-order valence-electron chi connectivity index (χ0n) is 13.8. The number of benzene rings is 2. The molecule has 1 aromatic heterocycles. The molecule has 0 bridgehead atoms. The number of rotatable bonds is 5. The van der Waals surface area contributed by atoms with Crippen LogP contribution in [0.2, 0.25) is 0 Å². The molecular formula is C18H15FN4O2S. The van der Waals surface area contributed by atoms with E-state index in [4.69, 9.17) is 17.0 Å². The Kier molecular flexibility index (Phi) is 5.33. The van der Waals surface area contributed by atoms with Gasteiger partial charge in [-0.15, -0.1) is 0 Å². The predicted molar refractivity (Wildman–Crippen MR) is 97.4 cm³/mol. The number of aromatic nitrogens is 3. The second-order valence-electron chi connectivity index (χ2n) is 5.47. The molecule has 0 aliphatic rings. The second-order valence-corrected chi connectivity index (χ2v) is 5.85. The molecule has 1 N–H and O–H groups in total. The summed E-state index contributed by atoms with van der Waals surface area (Å²) in [4.78, 5) is 10.9. The first kappa shape index (κ1) is 17.7. The number of aromatic amines is 1. The number of hydrogen-bond donors (Lipinski definition) is 1. The maximum atomic E-state index is 13.0. The molecule has 0 atom stereocenters. The van der Waals surface area contributed by atoms with Gasteiger partial charge in [0.1, 0.15) is 11.6 Å². The van der Waals surface area contributed by atoms with Gasteiger partial charge in [0, 0.05) is 13.3 Å². The highest BCUT2D eigenvalue weighted by atomic mass is 32.1. The Morgan fingerprint density at radius 3 is 2.62 bits per heavy atom. The number of esters is 1. The molecule has 0 spiro atoms. The first-order valence-corrected chi connectivity index (χ1v) is 8.15. The van der Waals surface area contributed by atoms with Crippen molar-refractivity contribution in [1.82, 2.24) is 14.9 Å². The lowest BCUT2D eigenvalue weighted by Crippen LogP contribution is -2.02. The lowest BCUT2D eigenvalue weighted by molar-refractivity contribution is -0.131. The molecule has 0 radical (unpaired) electrons. The van der Waals surface area contributed by atoms with Gasteiger partial charge in [0.05, 0.1) is 6.21 Å². The zero-order valence-corrected chi connectivity index (χ0v) is 14.7. The average Bonchev–Trinajstić information content (AvgIpc) is 2.96. The van der Waals surface area contributed by atoms with E-state index in [1.807, 2.05) is 0 Å². The van der Waals surface area contributed by atoms with Crippen molar-refractivity contribution >= 4 is 24.4 Å². The fourth-order valence-corrected chi connectivity index (χ4v) is 2.45. The van der Waals surface area contributed by atoms with Crippen LogP contribution in [0.1, 0.15) is 23.9 Å². The fraction of sp³-hybridized carbons (Fsp3) is 0.111. The Labute approximate surface area is 153 Å². The number of nitrogens with one attached hydrogen (secondary N) is 1. The SMILES string of the molecule is CC(=O)Oc1ccc(/C=N\n2c(Cc3ccc(F)cc3)n[nH]c2=S)cc1. The smallest absolute Gasteiger partial charge is 0.308 e. The van der Waals surface area contributed by atoms with Crippen molar-refractivity contribution in [3.05, 3.63) is 76.1 Å². The summed E-state index contributed by atoms with van der Waals surface area (Å²) in [6, 6.07) is 13.1. The largest absolute Gasteiger partial charge is 0.427 e. The van der Waals surface area contributed by atoms with Crippen LogP contribution in [0.25, 0.3) is 0 Å². The average molecular weight is 370 g/mol. The Morgan fingerprint density at radius 1 is 1.27 bits per heavy atom. The summed E-state index contributed by atoms with van der Waals surface area (Å²) in [5.41, 5.74) is 1.69. The highest BCUT2D eigenvalue weighted by molar-refractivity contribution is 7.71. The minimum atomic E-state index is -0.374. The van der Waals surface area contributed by atoms with Crippen LogP contribution < -0.4 is 4.74 Å². The Balaban J connectivity index is 1.78. The third-order valence-electron chi connectivity index (χ3n) is 3.46. The van der Waals surface area contributed by atoms with E-state index in [0.717, 1.165) is 11.1 Å². The number of hydrogen-bond acceptors (Lipinski definition) is 5. The van der Waals surface area contributed by atoms with Crippen molar-refractivity contribution in [2.75, 3.05) is 0 Å². The number of carbonyl (C=O) groups excluding carboxylic acids is 1. The van der Waals surface area contributed by atoms with Crippen molar-refractivity contribution in [1.29, 1.82) is 0 Å². The van der Waals surface area contributed by atoms with Crippen molar-refractivity contribution in [3.63, 3.8) is 0 Å². The van der Waals surface area contributed by atoms with E-state index < -0.39 is 0 Å². The topological polar surface area (TPSA) is 72.3 Å². The van der Waals surface area contributed by atoms with E-state index in [1.165, 1.54) is 23.7 Å². The molecule has 3 rings (SSSR count). The van der Waals surface area contributed by atoms with Gasteiger partial charge in [-0.25, -0.2) is 4.39 Å². The lowest BCUT2D eigenvalue weighted by atomic mass is 10.1. The Morgan fingerprint density at radius 2 is 1.96 bits per heavy atom. The fourth-order valence-electron chi connectivity index (χ4n) is 2.25. The third kappa shape index (κ3) is 4.48. The zero-order chi connectivity index (χ0) is 18.5. The van der Waals surface area contributed by atoms with Crippen molar-refractivity contribution in [2.24, 2.45) is 5.10 Å². The highest BCUT2D eigenvalue weighted by Gasteiger charge is 2.06. The van der Waals surface area contributed by atoms with E-state index in [1.54, 1.807) is 42.6 Å². The van der Waals surface area contributed by atoms with Gasteiger partial charge in [0.15, 0.2) is 5.82 Å². The predicted octanol–water partition coefficient (Wildman–Crippen LogP) is 3.48. The van der Waals surface area contributed by atoms with Gasteiger partial charge in [-0.3, -0.25) is 9.89 Å². The van der Waals surface area contributed by atoms with Crippen LogP contribution in [-0.2, 0) is 11.2 Å². The molecule has 0 fully saturated rings. The monoisotopic (exact) mass is 370 g/mol. The molecule has 1 heterocycles. The molecule has 0 saturated heterocycles. The van der Waals surface area contributed by atoms with E-state index in [9.17, 15) is 9.18 Å². The van der Waals surface area contributed by atoms with Gasteiger partial charge < -0.3 is 4.74 Å². The van der Waals surface area contributed by atoms with Crippen LogP contribution >= 0.6 is 12.2 Å². The molecule has 6 nitrogen and oxygen atoms in total. The molecule has 3 aromatic rings. The summed E-state index contributed by atoms with van der Waals surface area (Å²) in [5.74, 6) is 0.408. The van der Waals surface area contributed by atoms with Crippen molar-refractivity contribution < 1.29 is 13.9 Å². The van der Waals surface area contributed by atoms with Crippen LogP contribution in [-0.4, -0.2) is 27.1 Å². The van der Waals surface area contributed by atoms with Crippen molar-refractivity contribution in [3.8, 4) is 5.75 Å². The Hall–Kier alpha value is -3.13. The van der Waals surface area contributed by atoms with Gasteiger partial charge in [-0.2, -0.15) is 14.9 Å². The first-order chi connectivity index (χ1) is 12.5. The summed E-state index contributed by atoms with van der Waals surface area (Å²) >= 11 is 5.21. The van der Waals surface area contributed by atoms with E-state index >= 15 is 0 Å². The van der Waals surface area contributed by atoms with Gasteiger partial charge in [0.25, 0.3) is 0 Å². The highest BCUT2D eigenvalue weighted by Crippen LogP contribution is 2.12. The molecular weight excluding hydrogens is 355 g/mol. The summed E-state index contributed by atoms with van der Waals surface area (Å²) in [5, 5.41) is 11.2. The standard InChI is InChI=1S/C18H15FN4O2S/c1-12(24)25-16-8-4-14(5-9-16)11-20-23-17(21-22-18(23)26)10-13-2-6-15(19)7-3-13/h2-9,11H,10H2,1H3,(H,22,26)/b20-11-. The van der Waals surface area contributed by atoms with Gasteiger partial charge in [0.2, 0.25) is 4.77 Å². The number of nitrogens with zero attached hydrogens (tertiary/aromatic N) is 3. The van der Waals surface area contributed by atoms with Gasteiger partial charge in [-0.05, 0) is 59.7 Å². The Bertz CT molecular complexity index is 991. The maximum absolute atomic E-state index is 13.0. The number of H-pyrrole nitrogens is 1. The lowest BCUT2D eigenvalue weighted by Gasteiger charge is -2.02. The quantitative estimate of drug-likeness (QED) is 0.323. The molecule has 0 aliphatic carbocycles. The molecule has 132 valence electrons. The maximum Gasteiger partial charge on any atom is 0.308 e. The van der Waals surface area contributed by atoms with Gasteiger partial charge >= 0.3 is 5.97 Å². The van der Waals surface area contributed by atoms with Crippen LogP contribution in [0.15, 0.2) is 53.6 Å². The van der Waals surface area contributed by atoms with E-state index in [-0.39, 0.29) is 11.8 Å². The summed E-state index contributed by atoms with van der Waals surface area (Å²) in [6.45, 7) is 1.35. The minimum Gasteiger partial charge on any atom is -0.427 e. The van der Waals surface area contributed by atoms with Crippen LogP contribution in [0.4, 0.5) is 4.39 Å². The van der Waals surface area contributed by atoms with E-state index in [0.29, 0.717) is 22.8 Å². The number of ether oxygens (including phenoxy) is 1. The molecule has 26 heavy (non-hydrogen) atoms. The minimum absolute atomic E-state index is 0.289. The van der Waals surface area contributed by atoms with Crippen molar-refractivity contribution in [2.45, 2.75) is 13.3 Å². The van der Waals surface area contributed by atoms with E-state index in [2.05, 4.69) is 15.3 Å². The number of carbonyl (C=O) groups is 1. The summed E-state index contributed by atoms with van der Waals surface area (Å²) in [7, 11) is 0. The molecule has 0 aliphatic heterocycles. The normalized spacial score (nSPS) is 11.0. The van der Waals surface area contributed by atoms with Gasteiger partial charge in [-0.1, -0.05) is 12.1 Å². The van der Waals surface area contributed by atoms with Crippen LogP contribution in [0.5, 0.6) is 5.75 Å². The molecule has 0 amide bonds. The van der Waals surface area contributed by atoms with Crippen LogP contribution in [0, 0.1) is 10.6 Å². The van der Waals surface area contributed by atoms with Crippen LogP contribution in [0.3, 0.4) is 0 Å². The molecule has 8 heteroatoms. The number of halogens is 1. The first-order valence-electron chi connectivity index (χ1n) is 7.75. The summed E-state index contributed by atoms with van der Waals surface area (Å²) < 4.78 is 19.9. The summed E-state index contributed by atoms with van der Waals surface area (Å²) in [6.07, 6.45) is 2.08. The second kappa shape index (κ2) is 7.83.